The predicted octanol–water partition coefficient (Wildman–Crippen LogP) is 4.86. The monoisotopic (exact) mass is 348 g/mol. The van der Waals surface area contributed by atoms with Crippen LogP contribution in [0.5, 0.6) is 5.75 Å². The molecule has 5 heteroatoms. The van der Waals surface area contributed by atoms with Gasteiger partial charge in [-0.2, -0.15) is 5.10 Å². The molecule has 0 radical (unpaired) electrons. The van der Waals surface area contributed by atoms with E-state index in [1.165, 1.54) is 0 Å². The van der Waals surface area contributed by atoms with E-state index in [2.05, 4.69) is 16.3 Å². The van der Waals surface area contributed by atoms with Gasteiger partial charge in [0.05, 0.1) is 5.56 Å². The number of benzene rings is 1. The van der Waals surface area contributed by atoms with Crippen LogP contribution in [-0.2, 0) is 9.47 Å². The molecule has 1 aromatic heterocycles. The van der Waals surface area contributed by atoms with Gasteiger partial charge in [-0.15, -0.1) is 0 Å². The number of ether oxygens (including phenoxy) is 2. The van der Waals surface area contributed by atoms with Gasteiger partial charge in [-0.25, -0.2) is 0 Å². The Balaban J connectivity index is 1.72. The standard InChI is InChI=1S/C21H20N2O3/c1-13-8-9-17(24)16(10-13)21-20(14(2)22-23-21)19-12-25-11-18(26-19)15-6-4-3-5-7-15/h3-4,6,8-12,24H,5,7H2,1-2H3,(H,22,23). The minimum absolute atomic E-state index is 0.177. The molecule has 0 atom stereocenters. The summed E-state index contributed by atoms with van der Waals surface area (Å²) in [4.78, 5) is 0. The SMILES string of the molecule is Cc1ccc(O)c(-c2n[nH]c(C)c2C2=COC=C(C3=CC=CCC3)O2)c1. The zero-order valence-electron chi connectivity index (χ0n) is 14.7. The second-order valence-corrected chi connectivity index (χ2v) is 6.45. The first-order valence-electron chi connectivity index (χ1n) is 8.58. The summed E-state index contributed by atoms with van der Waals surface area (Å²) in [6.07, 6.45) is 11.3. The molecule has 2 N–H and O–H groups in total. The number of aromatic amines is 1. The molecule has 0 saturated heterocycles. The average Bonchev–Trinajstić information content (AvgIpc) is 3.06. The number of allylic oxidation sites excluding steroid dienone is 4. The molecule has 5 nitrogen and oxygen atoms in total. The summed E-state index contributed by atoms with van der Waals surface area (Å²) in [5.41, 5.74) is 5.05. The molecule has 1 aromatic carbocycles. The van der Waals surface area contributed by atoms with Gasteiger partial charge in [0.1, 0.15) is 24.0 Å². The summed E-state index contributed by atoms with van der Waals surface area (Å²) < 4.78 is 11.7. The molecule has 0 saturated carbocycles. The molecule has 0 amide bonds. The van der Waals surface area contributed by atoms with Crippen LogP contribution in [-0.4, -0.2) is 15.3 Å². The summed E-state index contributed by atoms with van der Waals surface area (Å²) in [6.45, 7) is 3.90. The third kappa shape index (κ3) is 2.92. The van der Waals surface area contributed by atoms with Gasteiger partial charge in [0, 0.05) is 11.3 Å². The maximum atomic E-state index is 10.3. The Hall–Kier alpha value is -3.21. The van der Waals surface area contributed by atoms with Gasteiger partial charge in [-0.05, 0) is 44.4 Å². The highest BCUT2D eigenvalue weighted by Crippen LogP contribution is 2.38. The van der Waals surface area contributed by atoms with E-state index in [1.54, 1.807) is 18.6 Å². The lowest BCUT2D eigenvalue weighted by Gasteiger charge is -2.20. The molecule has 1 aliphatic heterocycles. The lowest BCUT2D eigenvalue weighted by atomic mass is 10.0. The Morgan fingerprint density at radius 3 is 2.81 bits per heavy atom. The molecule has 26 heavy (non-hydrogen) atoms. The number of aromatic nitrogens is 2. The van der Waals surface area contributed by atoms with E-state index in [9.17, 15) is 5.11 Å². The van der Waals surface area contributed by atoms with Gasteiger partial charge < -0.3 is 14.6 Å². The molecule has 0 fully saturated rings. The van der Waals surface area contributed by atoms with Crippen molar-refractivity contribution in [1.29, 1.82) is 0 Å². The fraction of sp³-hybridized carbons (Fsp3) is 0.190. The number of phenolic OH excluding ortho intramolecular Hbond substituents is 1. The van der Waals surface area contributed by atoms with Gasteiger partial charge >= 0.3 is 0 Å². The van der Waals surface area contributed by atoms with Crippen LogP contribution in [0.25, 0.3) is 17.0 Å². The van der Waals surface area contributed by atoms with E-state index in [0.717, 1.165) is 35.2 Å². The van der Waals surface area contributed by atoms with Crippen LogP contribution >= 0.6 is 0 Å². The van der Waals surface area contributed by atoms with Crippen molar-refractivity contribution in [1.82, 2.24) is 10.2 Å². The minimum Gasteiger partial charge on any atom is -0.507 e. The number of rotatable bonds is 3. The first-order valence-corrected chi connectivity index (χ1v) is 8.58. The maximum Gasteiger partial charge on any atom is 0.173 e. The normalized spacial score (nSPS) is 16.3. The highest BCUT2D eigenvalue weighted by atomic mass is 16.5. The topological polar surface area (TPSA) is 67.4 Å². The largest absolute Gasteiger partial charge is 0.507 e. The zero-order valence-corrected chi connectivity index (χ0v) is 14.7. The molecule has 1 aliphatic carbocycles. The number of nitrogens with zero attached hydrogens (tertiary/aromatic N) is 1. The fourth-order valence-corrected chi connectivity index (χ4v) is 3.15. The summed E-state index contributed by atoms with van der Waals surface area (Å²) in [6, 6.07) is 5.45. The van der Waals surface area contributed by atoms with E-state index in [0.29, 0.717) is 22.8 Å². The van der Waals surface area contributed by atoms with Gasteiger partial charge in [-0.3, -0.25) is 5.10 Å². The van der Waals surface area contributed by atoms with Gasteiger partial charge in [0.25, 0.3) is 0 Å². The number of hydrogen-bond acceptors (Lipinski definition) is 4. The Morgan fingerprint density at radius 2 is 2.00 bits per heavy atom. The molecule has 0 unspecified atom stereocenters. The molecule has 2 aromatic rings. The fourth-order valence-electron chi connectivity index (χ4n) is 3.15. The van der Waals surface area contributed by atoms with Crippen LogP contribution in [0, 0.1) is 13.8 Å². The number of phenols is 1. The van der Waals surface area contributed by atoms with Crippen LogP contribution in [0.3, 0.4) is 0 Å². The number of H-pyrrole nitrogens is 1. The van der Waals surface area contributed by atoms with Crippen LogP contribution in [0.4, 0.5) is 0 Å². The minimum atomic E-state index is 0.177. The van der Waals surface area contributed by atoms with Gasteiger partial charge in [0.2, 0.25) is 0 Å². The van der Waals surface area contributed by atoms with Crippen molar-refractivity contribution in [2.45, 2.75) is 26.7 Å². The molecule has 0 bridgehead atoms. The molecule has 2 heterocycles. The van der Waals surface area contributed by atoms with Crippen LogP contribution < -0.4 is 0 Å². The number of aromatic hydroxyl groups is 1. The van der Waals surface area contributed by atoms with Crippen molar-refractivity contribution >= 4 is 5.76 Å². The highest BCUT2D eigenvalue weighted by Gasteiger charge is 2.24. The quantitative estimate of drug-likeness (QED) is 0.831. The summed E-state index contributed by atoms with van der Waals surface area (Å²) in [7, 11) is 0. The Morgan fingerprint density at radius 1 is 1.15 bits per heavy atom. The predicted molar refractivity (Wildman–Crippen MR) is 99.8 cm³/mol. The van der Waals surface area contributed by atoms with Gasteiger partial charge in [-0.1, -0.05) is 29.9 Å². The zero-order chi connectivity index (χ0) is 18.1. The lowest BCUT2D eigenvalue weighted by Crippen LogP contribution is -2.04. The third-order valence-electron chi connectivity index (χ3n) is 4.50. The van der Waals surface area contributed by atoms with Crippen LogP contribution in [0.1, 0.15) is 29.7 Å². The third-order valence-corrected chi connectivity index (χ3v) is 4.50. The lowest BCUT2D eigenvalue weighted by molar-refractivity contribution is 0.285. The van der Waals surface area contributed by atoms with Crippen LogP contribution in [0.2, 0.25) is 0 Å². The van der Waals surface area contributed by atoms with E-state index < -0.39 is 0 Å². The van der Waals surface area contributed by atoms with E-state index >= 15 is 0 Å². The van der Waals surface area contributed by atoms with Crippen LogP contribution in [0.15, 0.2) is 60.3 Å². The Bertz CT molecular complexity index is 977. The second-order valence-electron chi connectivity index (χ2n) is 6.45. The van der Waals surface area contributed by atoms with Crippen molar-refractivity contribution in [3.05, 3.63) is 77.1 Å². The summed E-state index contributed by atoms with van der Waals surface area (Å²) in [5.74, 6) is 1.45. The van der Waals surface area contributed by atoms with E-state index in [1.807, 2.05) is 38.1 Å². The van der Waals surface area contributed by atoms with Gasteiger partial charge in [0.15, 0.2) is 11.5 Å². The summed E-state index contributed by atoms with van der Waals surface area (Å²) in [5, 5.41) is 17.7. The van der Waals surface area contributed by atoms with Crippen molar-refractivity contribution in [2.75, 3.05) is 0 Å². The molecule has 132 valence electrons. The first kappa shape index (κ1) is 16.3. The molecular weight excluding hydrogens is 328 g/mol. The van der Waals surface area contributed by atoms with Crippen molar-refractivity contribution < 1.29 is 14.6 Å². The highest BCUT2D eigenvalue weighted by molar-refractivity contribution is 5.81. The number of hydrogen-bond donors (Lipinski definition) is 2. The molecular formula is C21H20N2O3. The average molecular weight is 348 g/mol. The Labute approximate surface area is 152 Å². The van der Waals surface area contributed by atoms with E-state index in [-0.39, 0.29) is 5.75 Å². The summed E-state index contributed by atoms with van der Waals surface area (Å²) >= 11 is 0. The molecule has 2 aliphatic rings. The van der Waals surface area contributed by atoms with Crippen molar-refractivity contribution in [2.24, 2.45) is 0 Å². The molecule has 0 spiro atoms. The number of nitrogens with one attached hydrogen (secondary N) is 1. The van der Waals surface area contributed by atoms with E-state index in [4.69, 9.17) is 9.47 Å². The second kappa shape index (κ2) is 6.59. The Kier molecular flexibility index (Phi) is 4.13. The van der Waals surface area contributed by atoms with Crippen molar-refractivity contribution in [3.8, 4) is 17.0 Å². The molecule has 4 rings (SSSR count). The first-order chi connectivity index (χ1) is 12.6. The number of aryl methyl sites for hydroxylation is 2. The van der Waals surface area contributed by atoms with Crippen molar-refractivity contribution in [3.63, 3.8) is 0 Å². The maximum absolute atomic E-state index is 10.3. The smallest absolute Gasteiger partial charge is 0.173 e.